The van der Waals surface area contributed by atoms with Gasteiger partial charge in [0.1, 0.15) is 11.4 Å². The summed E-state index contributed by atoms with van der Waals surface area (Å²) < 4.78 is 13.6. The topological polar surface area (TPSA) is 39.1 Å². The van der Waals surface area contributed by atoms with E-state index < -0.39 is 5.54 Å². The minimum absolute atomic E-state index is 0.231. The number of hydrogen-bond acceptors (Lipinski definition) is 3. The van der Waals surface area contributed by atoms with E-state index in [4.69, 9.17) is 0 Å². The van der Waals surface area contributed by atoms with Crippen LogP contribution < -0.4 is 10.2 Å². The summed E-state index contributed by atoms with van der Waals surface area (Å²) in [6.07, 6.45) is 1.63. The molecule has 1 atom stereocenters. The number of halogens is 1. The first-order valence-corrected chi connectivity index (χ1v) is 6.64. The van der Waals surface area contributed by atoms with Crippen molar-refractivity contribution in [3.05, 3.63) is 30.1 Å². The van der Waals surface area contributed by atoms with E-state index in [0.29, 0.717) is 18.7 Å². The number of rotatable bonds is 7. The lowest BCUT2D eigenvalue weighted by molar-refractivity contribution is 0.420. The molecule has 0 aliphatic carbocycles. The van der Waals surface area contributed by atoms with Crippen molar-refractivity contribution < 1.29 is 4.39 Å². The van der Waals surface area contributed by atoms with Gasteiger partial charge in [0.25, 0.3) is 0 Å². The lowest BCUT2D eigenvalue weighted by atomic mass is 9.99. The molecule has 3 nitrogen and oxygen atoms in total. The van der Waals surface area contributed by atoms with Gasteiger partial charge in [-0.05, 0) is 38.4 Å². The molecule has 0 bridgehead atoms. The standard InChI is InChI=1S/C15H22FN3/c1-4-10-18-15(2,12-17)9-11-19(3)14-8-6-5-7-13(14)16/h5-8,18H,4,9-11H2,1-3H3. The van der Waals surface area contributed by atoms with Crippen molar-refractivity contribution in [2.45, 2.75) is 32.2 Å². The van der Waals surface area contributed by atoms with Crippen LogP contribution in [0.2, 0.25) is 0 Å². The van der Waals surface area contributed by atoms with Crippen LogP contribution in [0.1, 0.15) is 26.7 Å². The summed E-state index contributed by atoms with van der Waals surface area (Å²) in [5.74, 6) is -0.231. The Morgan fingerprint density at radius 1 is 1.42 bits per heavy atom. The minimum Gasteiger partial charge on any atom is -0.372 e. The van der Waals surface area contributed by atoms with Gasteiger partial charge in [0, 0.05) is 13.6 Å². The van der Waals surface area contributed by atoms with Crippen LogP contribution in [-0.4, -0.2) is 25.7 Å². The monoisotopic (exact) mass is 263 g/mol. The van der Waals surface area contributed by atoms with Gasteiger partial charge in [-0.15, -0.1) is 0 Å². The van der Waals surface area contributed by atoms with E-state index in [1.807, 2.05) is 24.9 Å². The maximum atomic E-state index is 13.6. The van der Waals surface area contributed by atoms with Crippen LogP contribution in [-0.2, 0) is 0 Å². The second kappa shape index (κ2) is 7.10. The van der Waals surface area contributed by atoms with E-state index in [2.05, 4.69) is 18.3 Å². The highest BCUT2D eigenvalue weighted by molar-refractivity contribution is 5.46. The third-order valence-electron chi connectivity index (χ3n) is 3.22. The summed E-state index contributed by atoms with van der Waals surface area (Å²) in [6, 6.07) is 8.99. The maximum Gasteiger partial charge on any atom is 0.146 e. The molecule has 0 aliphatic heterocycles. The molecule has 1 unspecified atom stereocenters. The van der Waals surface area contributed by atoms with Crippen LogP contribution in [0.5, 0.6) is 0 Å². The van der Waals surface area contributed by atoms with E-state index in [0.717, 1.165) is 13.0 Å². The molecule has 0 saturated heterocycles. The number of anilines is 1. The van der Waals surface area contributed by atoms with E-state index in [9.17, 15) is 9.65 Å². The highest BCUT2D eigenvalue weighted by Crippen LogP contribution is 2.19. The number of hydrogen-bond donors (Lipinski definition) is 1. The van der Waals surface area contributed by atoms with Crippen LogP contribution in [0.3, 0.4) is 0 Å². The molecule has 0 spiro atoms. The van der Waals surface area contributed by atoms with Gasteiger partial charge >= 0.3 is 0 Å². The van der Waals surface area contributed by atoms with Crippen molar-refractivity contribution in [1.82, 2.24) is 5.32 Å². The van der Waals surface area contributed by atoms with Crippen molar-refractivity contribution in [3.8, 4) is 6.07 Å². The predicted octanol–water partition coefficient (Wildman–Crippen LogP) is 2.93. The molecule has 0 amide bonds. The van der Waals surface area contributed by atoms with Gasteiger partial charge in [0.05, 0.1) is 11.8 Å². The quantitative estimate of drug-likeness (QED) is 0.822. The number of benzene rings is 1. The van der Waals surface area contributed by atoms with Crippen LogP contribution in [0.4, 0.5) is 10.1 Å². The third-order valence-corrected chi connectivity index (χ3v) is 3.22. The molecule has 0 saturated carbocycles. The van der Waals surface area contributed by atoms with Gasteiger partial charge in [-0.2, -0.15) is 5.26 Å². The van der Waals surface area contributed by atoms with Crippen LogP contribution in [0, 0.1) is 17.1 Å². The Morgan fingerprint density at radius 3 is 2.68 bits per heavy atom. The Balaban J connectivity index is 2.61. The summed E-state index contributed by atoms with van der Waals surface area (Å²) in [4.78, 5) is 1.85. The van der Waals surface area contributed by atoms with Crippen LogP contribution in [0.25, 0.3) is 0 Å². The molecule has 0 heterocycles. The first kappa shape index (κ1) is 15.5. The second-order valence-corrected chi connectivity index (χ2v) is 4.99. The minimum atomic E-state index is -0.560. The zero-order valence-electron chi connectivity index (χ0n) is 11.9. The fourth-order valence-corrected chi connectivity index (χ4v) is 1.86. The average molecular weight is 263 g/mol. The molecule has 1 N–H and O–H groups in total. The Labute approximate surface area is 115 Å². The lowest BCUT2D eigenvalue weighted by Crippen LogP contribution is -2.43. The van der Waals surface area contributed by atoms with Crippen molar-refractivity contribution >= 4 is 5.69 Å². The normalized spacial score (nSPS) is 13.6. The highest BCUT2D eigenvalue weighted by atomic mass is 19.1. The van der Waals surface area contributed by atoms with Gasteiger partial charge in [-0.25, -0.2) is 4.39 Å². The molecule has 1 rings (SSSR count). The molecule has 104 valence electrons. The number of para-hydroxylation sites is 1. The summed E-state index contributed by atoms with van der Waals surface area (Å²) in [5, 5.41) is 12.5. The number of nitrogens with one attached hydrogen (secondary N) is 1. The molecular weight excluding hydrogens is 241 g/mol. The van der Waals surface area contributed by atoms with Crippen molar-refractivity contribution in [3.63, 3.8) is 0 Å². The van der Waals surface area contributed by atoms with E-state index in [-0.39, 0.29) is 5.82 Å². The van der Waals surface area contributed by atoms with Crippen LogP contribution >= 0.6 is 0 Å². The first-order chi connectivity index (χ1) is 9.02. The summed E-state index contributed by atoms with van der Waals surface area (Å²) in [6.45, 7) is 5.39. The summed E-state index contributed by atoms with van der Waals surface area (Å²) >= 11 is 0. The second-order valence-electron chi connectivity index (χ2n) is 4.99. The Hall–Kier alpha value is -1.60. The molecule has 0 aromatic heterocycles. The largest absolute Gasteiger partial charge is 0.372 e. The first-order valence-electron chi connectivity index (χ1n) is 6.64. The molecule has 1 aromatic rings. The Bertz CT molecular complexity index is 441. The Kier molecular flexibility index (Phi) is 5.78. The zero-order chi connectivity index (χ0) is 14.3. The maximum absolute atomic E-state index is 13.6. The predicted molar refractivity (Wildman–Crippen MR) is 76.6 cm³/mol. The molecule has 0 fully saturated rings. The zero-order valence-corrected chi connectivity index (χ0v) is 11.9. The van der Waals surface area contributed by atoms with Gasteiger partial charge in [-0.1, -0.05) is 19.1 Å². The molecular formula is C15H22FN3. The smallest absolute Gasteiger partial charge is 0.146 e. The van der Waals surface area contributed by atoms with Gasteiger partial charge in [-0.3, -0.25) is 5.32 Å². The van der Waals surface area contributed by atoms with E-state index >= 15 is 0 Å². The molecule has 1 aromatic carbocycles. The van der Waals surface area contributed by atoms with E-state index in [1.54, 1.807) is 12.1 Å². The van der Waals surface area contributed by atoms with Crippen molar-refractivity contribution in [2.24, 2.45) is 0 Å². The summed E-state index contributed by atoms with van der Waals surface area (Å²) in [7, 11) is 1.84. The highest BCUT2D eigenvalue weighted by Gasteiger charge is 2.23. The molecule has 4 heteroatoms. The van der Waals surface area contributed by atoms with Gasteiger partial charge < -0.3 is 4.90 Å². The number of nitrogens with zero attached hydrogens (tertiary/aromatic N) is 2. The molecule has 19 heavy (non-hydrogen) atoms. The SMILES string of the molecule is CCCNC(C)(C#N)CCN(C)c1ccccc1F. The third kappa shape index (κ3) is 4.53. The van der Waals surface area contributed by atoms with Crippen LogP contribution in [0.15, 0.2) is 24.3 Å². The molecule has 0 radical (unpaired) electrons. The van der Waals surface area contributed by atoms with Gasteiger partial charge in [0.2, 0.25) is 0 Å². The number of nitriles is 1. The van der Waals surface area contributed by atoms with E-state index in [1.165, 1.54) is 6.07 Å². The molecule has 0 aliphatic rings. The Morgan fingerprint density at radius 2 is 2.11 bits per heavy atom. The average Bonchev–Trinajstić information content (AvgIpc) is 2.43. The fraction of sp³-hybridized carbons (Fsp3) is 0.533. The lowest BCUT2D eigenvalue weighted by Gasteiger charge is -2.27. The fourth-order valence-electron chi connectivity index (χ4n) is 1.86. The van der Waals surface area contributed by atoms with Crippen molar-refractivity contribution in [1.29, 1.82) is 5.26 Å². The van der Waals surface area contributed by atoms with Gasteiger partial charge in [0.15, 0.2) is 0 Å². The van der Waals surface area contributed by atoms with Crippen molar-refractivity contribution in [2.75, 3.05) is 25.0 Å². The summed E-state index contributed by atoms with van der Waals surface area (Å²) in [5.41, 5.74) is 0.00786.